The third kappa shape index (κ3) is 2.53. The number of nitrogens with two attached hydrogens (primary N) is 1. The molecule has 0 spiro atoms. The maximum atomic E-state index is 5.71. The smallest absolute Gasteiger partial charge is 0.183 e. The molecule has 94 valence electrons. The van der Waals surface area contributed by atoms with Gasteiger partial charge < -0.3 is 15.2 Å². The van der Waals surface area contributed by atoms with Gasteiger partial charge in [-0.3, -0.25) is 0 Å². The molecule has 2 aromatic rings. The molecule has 0 saturated carbocycles. The Morgan fingerprint density at radius 3 is 2.11 bits per heavy atom. The topological polar surface area (TPSA) is 44.5 Å². The van der Waals surface area contributed by atoms with Gasteiger partial charge in [-0.1, -0.05) is 36.4 Å². The highest BCUT2D eigenvalue weighted by Crippen LogP contribution is 2.30. The van der Waals surface area contributed by atoms with Gasteiger partial charge in [0, 0.05) is 25.5 Å². The lowest BCUT2D eigenvalue weighted by molar-refractivity contribution is -0.105. The highest BCUT2D eigenvalue weighted by Gasteiger charge is 2.14. The van der Waals surface area contributed by atoms with Crippen LogP contribution in [0.2, 0.25) is 0 Å². The zero-order valence-corrected chi connectivity index (χ0v) is 10.6. The number of methoxy groups -OCH3 is 2. The van der Waals surface area contributed by atoms with E-state index in [1.165, 1.54) is 0 Å². The van der Waals surface area contributed by atoms with E-state index < -0.39 is 0 Å². The summed E-state index contributed by atoms with van der Waals surface area (Å²) in [6.45, 7) is 0. The van der Waals surface area contributed by atoms with Crippen LogP contribution in [0.1, 0.15) is 11.9 Å². The normalized spacial score (nSPS) is 10.8. The van der Waals surface area contributed by atoms with Crippen LogP contribution in [0.4, 0.5) is 5.69 Å². The average Bonchev–Trinajstić information content (AvgIpc) is 2.42. The molecule has 0 aliphatic rings. The number of nitrogen functional groups attached to an aromatic ring is 1. The first-order valence-corrected chi connectivity index (χ1v) is 5.76. The lowest BCUT2D eigenvalue weighted by Crippen LogP contribution is -2.05. The molecule has 0 aliphatic heterocycles. The van der Waals surface area contributed by atoms with Crippen molar-refractivity contribution in [1.29, 1.82) is 0 Å². The molecule has 0 aromatic heterocycles. The summed E-state index contributed by atoms with van der Waals surface area (Å²) in [5.41, 5.74) is 9.65. The van der Waals surface area contributed by atoms with E-state index in [-0.39, 0.29) is 6.29 Å². The summed E-state index contributed by atoms with van der Waals surface area (Å²) < 4.78 is 10.6. The Bertz CT molecular complexity index is 504. The minimum absolute atomic E-state index is 0.362. The van der Waals surface area contributed by atoms with Gasteiger partial charge in [0.2, 0.25) is 0 Å². The number of anilines is 1. The molecular weight excluding hydrogens is 226 g/mol. The molecule has 0 radical (unpaired) electrons. The Hall–Kier alpha value is -1.84. The highest BCUT2D eigenvalue weighted by atomic mass is 16.7. The Labute approximate surface area is 107 Å². The fourth-order valence-corrected chi connectivity index (χ4v) is 1.98. The fraction of sp³-hybridized carbons (Fsp3) is 0.200. The van der Waals surface area contributed by atoms with Crippen LogP contribution in [0.5, 0.6) is 0 Å². The molecule has 0 atom stereocenters. The van der Waals surface area contributed by atoms with Crippen molar-refractivity contribution in [2.75, 3.05) is 20.0 Å². The number of hydrogen-bond donors (Lipinski definition) is 1. The van der Waals surface area contributed by atoms with E-state index in [0.717, 1.165) is 22.4 Å². The van der Waals surface area contributed by atoms with Crippen molar-refractivity contribution < 1.29 is 9.47 Å². The zero-order valence-electron chi connectivity index (χ0n) is 10.6. The van der Waals surface area contributed by atoms with Crippen LogP contribution in [0, 0.1) is 0 Å². The predicted molar refractivity (Wildman–Crippen MR) is 73.0 cm³/mol. The minimum atomic E-state index is -0.362. The monoisotopic (exact) mass is 243 g/mol. The number of rotatable bonds is 4. The fourth-order valence-electron chi connectivity index (χ4n) is 1.98. The van der Waals surface area contributed by atoms with E-state index in [1.807, 2.05) is 48.5 Å². The van der Waals surface area contributed by atoms with E-state index in [9.17, 15) is 0 Å². The molecule has 0 fully saturated rings. The van der Waals surface area contributed by atoms with Crippen LogP contribution in [0.3, 0.4) is 0 Å². The van der Waals surface area contributed by atoms with E-state index in [2.05, 4.69) is 0 Å². The van der Waals surface area contributed by atoms with E-state index >= 15 is 0 Å². The molecule has 2 N–H and O–H groups in total. The lowest BCUT2D eigenvalue weighted by Gasteiger charge is -2.17. The van der Waals surface area contributed by atoms with Crippen LogP contribution in [-0.2, 0) is 9.47 Å². The second-order valence-corrected chi connectivity index (χ2v) is 4.01. The predicted octanol–water partition coefficient (Wildman–Crippen LogP) is 3.23. The number of hydrogen-bond acceptors (Lipinski definition) is 3. The van der Waals surface area contributed by atoms with Crippen molar-refractivity contribution in [3.63, 3.8) is 0 Å². The highest BCUT2D eigenvalue weighted by molar-refractivity contribution is 5.69. The van der Waals surface area contributed by atoms with Crippen LogP contribution < -0.4 is 5.73 Å². The summed E-state index contributed by atoms with van der Waals surface area (Å²) in [5.74, 6) is 0. The van der Waals surface area contributed by atoms with Crippen molar-refractivity contribution in [3.05, 3.63) is 54.1 Å². The van der Waals surface area contributed by atoms with Crippen molar-refractivity contribution in [1.82, 2.24) is 0 Å². The molecule has 3 nitrogen and oxygen atoms in total. The Morgan fingerprint density at radius 2 is 1.50 bits per heavy atom. The minimum Gasteiger partial charge on any atom is -0.399 e. The molecule has 0 unspecified atom stereocenters. The van der Waals surface area contributed by atoms with Gasteiger partial charge in [-0.15, -0.1) is 0 Å². The summed E-state index contributed by atoms with van der Waals surface area (Å²) in [5, 5.41) is 0. The number of benzene rings is 2. The van der Waals surface area contributed by atoms with Gasteiger partial charge in [0.15, 0.2) is 6.29 Å². The van der Waals surface area contributed by atoms with Gasteiger partial charge in [-0.05, 0) is 23.3 Å². The Kier molecular flexibility index (Phi) is 3.97. The molecule has 0 saturated heterocycles. The molecule has 2 rings (SSSR count). The van der Waals surface area contributed by atoms with Crippen molar-refractivity contribution in [3.8, 4) is 11.1 Å². The zero-order chi connectivity index (χ0) is 13.0. The second-order valence-electron chi connectivity index (χ2n) is 4.01. The van der Waals surface area contributed by atoms with Crippen molar-refractivity contribution in [2.24, 2.45) is 0 Å². The molecule has 0 bridgehead atoms. The Balaban J connectivity index is 2.47. The first-order valence-electron chi connectivity index (χ1n) is 5.76. The largest absolute Gasteiger partial charge is 0.399 e. The van der Waals surface area contributed by atoms with Crippen LogP contribution in [-0.4, -0.2) is 14.2 Å². The van der Waals surface area contributed by atoms with E-state index in [1.54, 1.807) is 14.2 Å². The molecule has 0 heterocycles. The van der Waals surface area contributed by atoms with Gasteiger partial charge in [-0.2, -0.15) is 0 Å². The standard InChI is InChI=1S/C15H17NO2/c1-17-15(18-2)14-6-4-3-5-13(14)11-7-9-12(16)10-8-11/h3-10,15H,16H2,1-2H3. The van der Waals surface area contributed by atoms with Gasteiger partial charge in [0.05, 0.1) is 0 Å². The second kappa shape index (κ2) is 5.67. The van der Waals surface area contributed by atoms with E-state index in [0.29, 0.717) is 0 Å². The van der Waals surface area contributed by atoms with E-state index in [4.69, 9.17) is 15.2 Å². The summed E-state index contributed by atoms with van der Waals surface area (Å²) in [6.07, 6.45) is -0.362. The van der Waals surface area contributed by atoms with Gasteiger partial charge in [0.25, 0.3) is 0 Å². The molecule has 3 heteroatoms. The van der Waals surface area contributed by atoms with Gasteiger partial charge in [-0.25, -0.2) is 0 Å². The lowest BCUT2D eigenvalue weighted by atomic mass is 9.99. The quantitative estimate of drug-likeness (QED) is 0.662. The first kappa shape index (κ1) is 12.6. The van der Waals surface area contributed by atoms with Crippen LogP contribution >= 0.6 is 0 Å². The SMILES string of the molecule is COC(OC)c1ccccc1-c1ccc(N)cc1. The summed E-state index contributed by atoms with van der Waals surface area (Å²) in [6, 6.07) is 15.8. The van der Waals surface area contributed by atoms with Gasteiger partial charge >= 0.3 is 0 Å². The number of ether oxygens (including phenoxy) is 2. The molecule has 0 amide bonds. The van der Waals surface area contributed by atoms with Crippen LogP contribution in [0.15, 0.2) is 48.5 Å². The summed E-state index contributed by atoms with van der Waals surface area (Å²) in [7, 11) is 3.27. The third-order valence-electron chi connectivity index (χ3n) is 2.86. The molecule has 2 aromatic carbocycles. The Morgan fingerprint density at radius 1 is 0.889 bits per heavy atom. The molecule has 18 heavy (non-hydrogen) atoms. The third-order valence-corrected chi connectivity index (χ3v) is 2.86. The molecule has 0 aliphatic carbocycles. The molecular formula is C15H17NO2. The maximum Gasteiger partial charge on any atom is 0.183 e. The van der Waals surface area contributed by atoms with Crippen molar-refractivity contribution >= 4 is 5.69 Å². The van der Waals surface area contributed by atoms with Crippen molar-refractivity contribution in [2.45, 2.75) is 6.29 Å². The summed E-state index contributed by atoms with van der Waals surface area (Å²) >= 11 is 0. The first-order chi connectivity index (χ1) is 8.76. The summed E-state index contributed by atoms with van der Waals surface area (Å²) in [4.78, 5) is 0. The average molecular weight is 243 g/mol. The van der Waals surface area contributed by atoms with Gasteiger partial charge in [0.1, 0.15) is 0 Å². The van der Waals surface area contributed by atoms with Crippen LogP contribution in [0.25, 0.3) is 11.1 Å². The maximum absolute atomic E-state index is 5.71.